The zero-order valence-corrected chi connectivity index (χ0v) is 15.3. The van der Waals surface area contributed by atoms with Crippen LogP contribution in [0.5, 0.6) is 0 Å². The number of nitrogens with zero attached hydrogens (tertiary/aromatic N) is 3. The van der Waals surface area contributed by atoms with E-state index in [0.29, 0.717) is 12.4 Å². The van der Waals surface area contributed by atoms with Crippen molar-refractivity contribution in [3.05, 3.63) is 84.6 Å². The Labute approximate surface area is 162 Å². The summed E-state index contributed by atoms with van der Waals surface area (Å²) >= 11 is 0. The molecule has 2 heterocycles. The minimum atomic E-state index is -0.343. The van der Waals surface area contributed by atoms with Crippen LogP contribution in [0.3, 0.4) is 0 Å². The van der Waals surface area contributed by atoms with Gasteiger partial charge >= 0.3 is 5.97 Å². The lowest BCUT2D eigenvalue weighted by Crippen LogP contribution is -2.17. The van der Waals surface area contributed by atoms with E-state index in [1.165, 1.54) is 7.11 Å². The van der Waals surface area contributed by atoms with Gasteiger partial charge in [-0.15, -0.1) is 0 Å². The minimum absolute atomic E-state index is 0.0737. The number of anilines is 1. The molecule has 1 aromatic heterocycles. The van der Waals surface area contributed by atoms with Gasteiger partial charge in [-0.25, -0.2) is 0 Å². The Bertz CT molecular complexity index is 1040. The van der Waals surface area contributed by atoms with Crippen molar-refractivity contribution in [1.82, 2.24) is 9.78 Å². The lowest BCUT2D eigenvalue weighted by molar-refractivity contribution is -0.141. The van der Waals surface area contributed by atoms with E-state index >= 15 is 0 Å². The molecular formula is C21H19N3O4. The first-order valence-electron chi connectivity index (χ1n) is 8.76. The van der Waals surface area contributed by atoms with Crippen molar-refractivity contribution in [3.63, 3.8) is 0 Å². The van der Waals surface area contributed by atoms with Gasteiger partial charge in [0.2, 0.25) is 0 Å². The number of carbonyl (C=O) groups excluding carboxylic acids is 1. The molecule has 0 radical (unpaired) electrons. The number of carbonyl (C=O) groups is 1. The molecule has 1 aliphatic rings. The molecule has 4 rings (SSSR count). The quantitative estimate of drug-likeness (QED) is 0.612. The average Bonchev–Trinajstić information content (AvgIpc) is 3.15. The van der Waals surface area contributed by atoms with Crippen LogP contribution in [-0.2, 0) is 32.3 Å². The molecule has 7 nitrogen and oxygen atoms in total. The van der Waals surface area contributed by atoms with Crippen LogP contribution in [0, 0.1) is 0 Å². The molecular weight excluding hydrogens is 358 g/mol. The number of ether oxygens (including phenoxy) is 2. The fourth-order valence-corrected chi connectivity index (χ4v) is 2.82. The second-order valence-corrected chi connectivity index (χ2v) is 6.16. The van der Waals surface area contributed by atoms with Crippen molar-refractivity contribution in [2.24, 2.45) is 0 Å². The first kappa shape index (κ1) is 17.7. The van der Waals surface area contributed by atoms with E-state index in [9.17, 15) is 4.79 Å². The highest BCUT2D eigenvalue weighted by Crippen LogP contribution is 2.25. The third-order valence-electron chi connectivity index (χ3n) is 4.29. The van der Waals surface area contributed by atoms with Gasteiger partial charge in [0.15, 0.2) is 12.0 Å². The Morgan fingerprint density at radius 3 is 2.79 bits per heavy atom. The molecule has 0 bridgehead atoms. The predicted molar refractivity (Wildman–Crippen MR) is 104 cm³/mol. The summed E-state index contributed by atoms with van der Waals surface area (Å²) in [5.41, 5.74) is 2.77. The maximum Gasteiger partial charge on any atom is 0.327 e. The molecule has 0 fully saturated rings. The van der Waals surface area contributed by atoms with Gasteiger partial charge in [-0.3, -0.25) is 9.48 Å². The molecule has 2 aromatic carbocycles. The number of hydrogen-bond acceptors (Lipinski definition) is 6. The number of rotatable bonds is 6. The SMILES string of the molecule is COC(=O)Cn1ncc2cc(N3C=CC(OCc4ccccc4)=CO3)ccc21. The molecule has 0 unspecified atom stereocenters. The van der Waals surface area contributed by atoms with Crippen molar-refractivity contribution in [2.45, 2.75) is 13.2 Å². The third kappa shape index (κ3) is 3.83. The van der Waals surface area contributed by atoms with Crippen molar-refractivity contribution >= 4 is 22.6 Å². The van der Waals surface area contributed by atoms with E-state index in [0.717, 1.165) is 22.2 Å². The van der Waals surface area contributed by atoms with Crippen LogP contribution < -0.4 is 5.06 Å². The van der Waals surface area contributed by atoms with Gasteiger partial charge < -0.3 is 14.3 Å². The molecule has 0 amide bonds. The summed E-state index contributed by atoms with van der Waals surface area (Å²) in [6.45, 7) is 0.552. The van der Waals surface area contributed by atoms with E-state index in [1.807, 2.05) is 54.6 Å². The number of esters is 1. The van der Waals surface area contributed by atoms with Crippen LogP contribution in [0.1, 0.15) is 5.56 Å². The molecule has 0 aliphatic carbocycles. The Balaban J connectivity index is 1.41. The Morgan fingerprint density at radius 2 is 2.04 bits per heavy atom. The normalized spacial score (nSPS) is 13.2. The van der Waals surface area contributed by atoms with E-state index < -0.39 is 0 Å². The van der Waals surface area contributed by atoms with E-state index in [2.05, 4.69) is 5.10 Å². The Hall–Kier alpha value is -3.74. The van der Waals surface area contributed by atoms with Gasteiger partial charge in [-0.2, -0.15) is 10.2 Å². The molecule has 142 valence electrons. The summed E-state index contributed by atoms with van der Waals surface area (Å²) in [6.07, 6.45) is 6.91. The highest BCUT2D eigenvalue weighted by Gasteiger charge is 2.13. The summed E-state index contributed by atoms with van der Waals surface area (Å²) in [5, 5.41) is 6.77. The number of benzene rings is 2. The van der Waals surface area contributed by atoms with Crippen LogP contribution in [0.25, 0.3) is 10.9 Å². The van der Waals surface area contributed by atoms with E-state index in [4.69, 9.17) is 14.3 Å². The molecule has 1 aliphatic heterocycles. The van der Waals surface area contributed by atoms with Crippen LogP contribution in [0.2, 0.25) is 0 Å². The van der Waals surface area contributed by atoms with Crippen LogP contribution in [-0.4, -0.2) is 22.9 Å². The smallest absolute Gasteiger partial charge is 0.327 e. The standard InChI is InChI=1S/C21H19N3O4/c1-26-21(25)13-23-20-8-7-18(11-17(20)12-22-23)24-10-9-19(15-28-24)27-14-16-5-3-2-4-6-16/h2-12,15H,13-14H2,1H3. The fraction of sp³-hybridized carbons (Fsp3) is 0.143. The van der Waals surface area contributed by atoms with Gasteiger partial charge in [0.1, 0.15) is 13.2 Å². The van der Waals surface area contributed by atoms with Crippen molar-refractivity contribution in [3.8, 4) is 0 Å². The highest BCUT2D eigenvalue weighted by atomic mass is 16.7. The van der Waals surface area contributed by atoms with E-state index in [-0.39, 0.29) is 12.5 Å². The highest BCUT2D eigenvalue weighted by molar-refractivity contribution is 5.84. The van der Waals surface area contributed by atoms with Gasteiger partial charge in [-0.05, 0) is 23.8 Å². The number of allylic oxidation sites excluding steroid dienone is 1. The number of aromatic nitrogens is 2. The first-order chi connectivity index (χ1) is 13.7. The van der Waals surface area contributed by atoms with Crippen molar-refractivity contribution in [1.29, 1.82) is 0 Å². The fourth-order valence-electron chi connectivity index (χ4n) is 2.82. The predicted octanol–water partition coefficient (Wildman–Crippen LogP) is 3.53. The number of fused-ring (bicyclic) bond motifs is 1. The second-order valence-electron chi connectivity index (χ2n) is 6.16. The topological polar surface area (TPSA) is 65.8 Å². The lowest BCUT2D eigenvalue weighted by Gasteiger charge is -2.22. The summed E-state index contributed by atoms with van der Waals surface area (Å²) in [4.78, 5) is 17.1. The molecule has 0 spiro atoms. The van der Waals surface area contributed by atoms with Gasteiger partial charge in [0.05, 0.1) is 24.5 Å². The molecule has 0 atom stereocenters. The van der Waals surface area contributed by atoms with Crippen LogP contribution in [0.15, 0.2) is 79.0 Å². The maximum absolute atomic E-state index is 11.5. The van der Waals surface area contributed by atoms with Crippen LogP contribution >= 0.6 is 0 Å². The molecule has 7 heteroatoms. The second kappa shape index (κ2) is 7.87. The molecule has 0 N–H and O–H groups in total. The molecule has 0 saturated carbocycles. The Kier molecular flexibility index (Phi) is 4.97. The summed E-state index contributed by atoms with van der Waals surface area (Å²) in [5.74, 6) is 0.302. The lowest BCUT2D eigenvalue weighted by atomic mass is 10.2. The summed E-state index contributed by atoms with van der Waals surface area (Å²) in [7, 11) is 1.36. The number of methoxy groups -OCH3 is 1. The number of hydrogen-bond donors (Lipinski definition) is 0. The Morgan fingerprint density at radius 1 is 1.18 bits per heavy atom. The largest absolute Gasteiger partial charge is 0.485 e. The summed E-state index contributed by atoms with van der Waals surface area (Å²) in [6, 6.07) is 15.7. The van der Waals surface area contributed by atoms with Crippen LogP contribution in [0.4, 0.5) is 5.69 Å². The molecule has 0 saturated heterocycles. The average molecular weight is 377 g/mol. The third-order valence-corrected chi connectivity index (χ3v) is 4.29. The van der Waals surface area contributed by atoms with Crippen molar-refractivity contribution in [2.75, 3.05) is 12.2 Å². The first-order valence-corrected chi connectivity index (χ1v) is 8.76. The number of hydroxylamine groups is 1. The van der Waals surface area contributed by atoms with E-state index in [1.54, 1.807) is 28.4 Å². The van der Waals surface area contributed by atoms with Crippen molar-refractivity contribution < 1.29 is 19.1 Å². The monoisotopic (exact) mass is 377 g/mol. The summed E-state index contributed by atoms with van der Waals surface area (Å²) < 4.78 is 12.0. The molecule has 28 heavy (non-hydrogen) atoms. The molecule has 3 aromatic rings. The zero-order valence-electron chi connectivity index (χ0n) is 15.3. The van der Waals surface area contributed by atoms with Gasteiger partial charge in [0, 0.05) is 17.7 Å². The van der Waals surface area contributed by atoms with Gasteiger partial charge in [0.25, 0.3) is 0 Å². The zero-order chi connectivity index (χ0) is 19.3. The van der Waals surface area contributed by atoms with Gasteiger partial charge in [-0.1, -0.05) is 30.3 Å². The maximum atomic E-state index is 11.5. The minimum Gasteiger partial charge on any atom is -0.485 e.